The van der Waals surface area contributed by atoms with Crippen molar-refractivity contribution in [3.05, 3.63) is 35.6 Å². The monoisotopic (exact) mass is 253 g/mol. The number of benzene rings is 1. The molecule has 1 aliphatic heterocycles. The van der Waals surface area contributed by atoms with Gasteiger partial charge in [0.15, 0.2) is 0 Å². The summed E-state index contributed by atoms with van der Waals surface area (Å²) >= 11 is 0. The van der Waals surface area contributed by atoms with Gasteiger partial charge in [0.1, 0.15) is 11.6 Å². The molecule has 1 aromatic carbocycles. The van der Waals surface area contributed by atoms with Crippen molar-refractivity contribution in [3.63, 3.8) is 0 Å². The summed E-state index contributed by atoms with van der Waals surface area (Å²) in [7, 11) is 1.44. The Morgan fingerprint density at radius 2 is 1.72 bits per heavy atom. The molecule has 98 valence electrons. The quantitative estimate of drug-likeness (QED) is 0.763. The number of anilines is 1. The van der Waals surface area contributed by atoms with Crippen molar-refractivity contribution < 1.29 is 13.5 Å². The highest BCUT2D eigenvalue weighted by Gasteiger charge is 2.15. The molecule has 0 saturated carbocycles. The van der Waals surface area contributed by atoms with Crippen LogP contribution in [0.1, 0.15) is 24.8 Å². The van der Waals surface area contributed by atoms with Gasteiger partial charge in [-0.15, -0.1) is 0 Å². The third-order valence-corrected chi connectivity index (χ3v) is 3.16. The van der Waals surface area contributed by atoms with E-state index in [-0.39, 0.29) is 5.56 Å². The largest absolute Gasteiger partial charge is 0.504 e. The molecule has 0 amide bonds. The van der Waals surface area contributed by atoms with Crippen LogP contribution in [0.25, 0.3) is 6.08 Å². The molecule has 2 rings (SSSR count). The Kier molecular flexibility index (Phi) is 4.18. The third kappa shape index (κ3) is 2.81. The topological polar surface area (TPSA) is 12.5 Å². The van der Waals surface area contributed by atoms with Crippen LogP contribution in [0.5, 0.6) is 0 Å². The molecular formula is C14H17F2NO. The van der Waals surface area contributed by atoms with Gasteiger partial charge in [-0.05, 0) is 37.5 Å². The lowest BCUT2D eigenvalue weighted by molar-refractivity contribution is 0.341. The summed E-state index contributed by atoms with van der Waals surface area (Å²) in [5.41, 5.74) is 0.567. The maximum Gasteiger partial charge on any atom is 0.135 e. The first-order valence-corrected chi connectivity index (χ1v) is 6.15. The molecule has 0 radical (unpaired) electrons. The van der Waals surface area contributed by atoms with E-state index >= 15 is 0 Å². The van der Waals surface area contributed by atoms with Crippen molar-refractivity contribution in [3.8, 4) is 0 Å². The molecular weight excluding hydrogens is 236 g/mol. The number of halogens is 2. The minimum atomic E-state index is -0.552. The van der Waals surface area contributed by atoms with E-state index in [0.717, 1.165) is 25.9 Å². The lowest BCUT2D eigenvalue weighted by Crippen LogP contribution is -2.29. The van der Waals surface area contributed by atoms with E-state index in [4.69, 9.17) is 0 Å². The highest BCUT2D eigenvalue weighted by atomic mass is 19.1. The molecule has 0 N–H and O–H groups in total. The van der Waals surface area contributed by atoms with E-state index in [0.29, 0.717) is 5.69 Å². The molecule has 1 aliphatic rings. The highest BCUT2D eigenvalue weighted by molar-refractivity contribution is 5.57. The summed E-state index contributed by atoms with van der Waals surface area (Å²) in [6, 6.07) is 2.79. The minimum Gasteiger partial charge on any atom is -0.504 e. The van der Waals surface area contributed by atoms with Crippen LogP contribution in [0.4, 0.5) is 14.5 Å². The van der Waals surface area contributed by atoms with Crippen LogP contribution in [0.3, 0.4) is 0 Å². The fraction of sp³-hybridized carbons (Fsp3) is 0.429. The Morgan fingerprint density at radius 3 is 2.28 bits per heavy atom. The molecule has 0 aromatic heterocycles. The molecule has 0 spiro atoms. The van der Waals surface area contributed by atoms with Gasteiger partial charge in [-0.3, -0.25) is 0 Å². The fourth-order valence-electron chi connectivity index (χ4n) is 2.20. The predicted octanol–water partition coefficient (Wildman–Crippen LogP) is 3.57. The second kappa shape index (κ2) is 5.85. The predicted molar refractivity (Wildman–Crippen MR) is 68.5 cm³/mol. The standard InChI is InChI=1S/C14H17F2NO/c1-18-8-5-12-13(15)9-11(10-14(12)16)17-6-3-2-4-7-17/h5,8-10H,2-4,6-7H2,1H3/b8-5-. The molecule has 1 fully saturated rings. The Morgan fingerprint density at radius 1 is 1.11 bits per heavy atom. The molecule has 0 bridgehead atoms. The summed E-state index contributed by atoms with van der Waals surface area (Å²) < 4.78 is 32.3. The van der Waals surface area contributed by atoms with Crippen LogP contribution in [0.2, 0.25) is 0 Å². The van der Waals surface area contributed by atoms with Crippen molar-refractivity contribution in [1.82, 2.24) is 0 Å². The second-order valence-electron chi connectivity index (χ2n) is 4.41. The van der Waals surface area contributed by atoms with Gasteiger partial charge in [-0.1, -0.05) is 0 Å². The molecule has 0 unspecified atom stereocenters. The Balaban J connectivity index is 2.26. The van der Waals surface area contributed by atoms with Crippen molar-refractivity contribution in [1.29, 1.82) is 0 Å². The number of hydrogen-bond donors (Lipinski definition) is 0. The van der Waals surface area contributed by atoms with Gasteiger partial charge < -0.3 is 9.64 Å². The van der Waals surface area contributed by atoms with Crippen molar-refractivity contribution in [2.45, 2.75) is 19.3 Å². The van der Waals surface area contributed by atoms with Crippen LogP contribution >= 0.6 is 0 Å². The summed E-state index contributed by atoms with van der Waals surface area (Å²) in [5, 5.41) is 0. The van der Waals surface area contributed by atoms with E-state index in [1.807, 2.05) is 4.90 Å². The molecule has 1 aromatic rings. The average Bonchev–Trinajstić information content (AvgIpc) is 2.39. The summed E-state index contributed by atoms with van der Waals surface area (Å²) in [4.78, 5) is 2.03. The summed E-state index contributed by atoms with van der Waals surface area (Å²) in [5.74, 6) is -1.10. The summed E-state index contributed by atoms with van der Waals surface area (Å²) in [6.45, 7) is 1.73. The normalized spacial score (nSPS) is 16.3. The molecule has 1 heterocycles. The number of hydrogen-bond acceptors (Lipinski definition) is 2. The first-order chi connectivity index (χ1) is 8.72. The second-order valence-corrected chi connectivity index (χ2v) is 4.41. The van der Waals surface area contributed by atoms with Gasteiger partial charge >= 0.3 is 0 Å². The first-order valence-electron chi connectivity index (χ1n) is 6.15. The maximum atomic E-state index is 13.8. The fourth-order valence-corrected chi connectivity index (χ4v) is 2.20. The number of rotatable bonds is 3. The number of ether oxygens (including phenoxy) is 1. The van der Waals surface area contributed by atoms with Crippen LogP contribution < -0.4 is 4.90 Å². The Labute approximate surface area is 106 Å². The van der Waals surface area contributed by atoms with E-state index < -0.39 is 11.6 Å². The van der Waals surface area contributed by atoms with Crippen LogP contribution in [0.15, 0.2) is 18.4 Å². The number of methoxy groups -OCH3 is 1. The molecule has 1 saturated heterocycles. The van der Waals surface area contributed by atoms with Crippen LogP contribution in [0, 0.1) is 11.6 Å². The van der Waals surface area contributed by atoms with Crippen molar-refractivity contribution in [2.75, 3.05) is 25.1 Å². The zero-order valence-electron chi connectivity index (χ0n) is 10.5. The van der Waals surface area contributed by atoms with Gasteiger partial charge in [0.25, 0.3) is 0 Å². The zero-order valence-corrected chi connectivity index (χ0v) is 10.5. The van der Waals surface area contributed by atoms with Gasteiger partial charge in [-0.2, -0.15) is 0 Å². The first kappa shape index (κ1) is 12.9. The Bertz CT molecular complexity index is 416. The van der Waals surface area contributed by atoms with Crippen LogP contribution in [-0.4, -0.2) is 20.2 Å². The van der Waals surface area contributed by atoms with Gasteiger partial charge in [0.05, 0.1) is 13.4 Å². The van der Waals surface area contributed by atoms with Crippen LogP contribution in [-0.2, 0) is 4.74 Å². The minimum absolute atomic E-state index is 0.0578. The summed E-state index contributed by atoms with van der Waals surface area (Å²) in [6.07, 6.45) is 5.91. The zero-order chi connectivity index (χ0) is 13.0. The lowest BCUT2D eigenvalue weighted by Gasteiger charge is -2.29. The lowest BCUT2D eigenvalue weighted by atomic mass is 10.1. The molecule has 4 heteroatoms. The SMILES string of the molecule is CO/C=C\c1c(F)cc(N2CCCCC2)cc1F. The van der Waals surface area contributed by atoms with Crippen molar-refractivity contribution >= 4 is 11.8 Å². The van der Waals surface area contributed by atoms with E-state index in [9.17, 15) is 8.78 Å². The maximum absolute atomic E-state index is 13.8. The number of nitrogens with zero attached hydrogens (tertiary/aromatic N) is 1. The molecule has 0 atom stereocenters. The molecule has 0 aliphatic carbocycles. The van der Waals surface area contributed by atoms with E-state index in [2.05, 4.69) is 4.74 Å². The molecule has 18 heavy (non-hydrogen) atoms. The average molecular weight is 253 g/mol. The smallest absolute Gasteiger partial charge is 0.135 e. The Hall–Kier alpha value is -1.58. The van der Waals surface area contributed by atoms with Gasteiger partial charge in [-0.25, -0.2) is 8.78 Å². The number of piperidine rings is 1. The van der Waals surface area contributed by atoms with E-state index in [1.54, 1.807) is 0 Å². The molecule has 2 nitrogen and oxygen atoms in total. The van der Waals surface area contributed by atoms with Gasteiger partial charge in [0, 0.05) is 24.3 Å². The highest BCUT2D eigenvalue weighted by Crippen LogP contribution is 2.25. The third-order valence-electron chi connectivity index (χ3n) is 3.16. The van der Waals surface area contributed by atoms with E-state index in [1.165, 1.54) is 38.0 Å². The van der Waals surface area contributed by atoms with Gasteiger partial charge in [0.2, 0.25) is 0 Å². The van der Waals surface area contributed by atoms with Crippen molar-refractivity contribution in [2.24, 2.45) is 0 Å².